The van der Waals surface area contributed by atoms with Crippen LogP contribution in [0.4, 0.5) is 10.1 Å². The molecule has 1 aliphatic rings. The first-order valence-electron chi connectivity index (χ1n) is 10.00. The van der Waals surface area contributed by atoms with E-state index in [0.717, 1.165) is 29.1 Å². The summed E-state index contributed by atoms with van der Waals surface area (Å²) in [5.74, 6) is 0.663. The van der Waals surface area contributed by atoms with Crippen LogP contribution in [-0.4, -0.2) is 38.8 Å². The highest BCUT2D eigenvalue weighted by Crippen LogP contribution is 2.28. The second-order valence-electron chi connectivity index (χ2n) is 7.72. The van der Waals surface area contributed by atoms with Gasteiger partial charge in [0.1, 0.15) is 11.6 Å². The minimum absolute atomic E-state index is 0.00421. The maximum atomic E-state index is 13.4. The molecule has 0 bridgehead atoms. The Kier molecular flexibility index (Phi) is 5.44. The molecule has 2 aromatic heterocycles. The molecule has 30 heavy (non-hydrogen) atoms. The Labute approximate surface area is 175 Å². The van der Waals surface area contributed by atoms with Gasteiger partial charge < -0.3 is 10.6 Å². The highest BCUT2D eigenvalue weighted by Gasteiger charge is 2.28. The lowest BCUT2D eigenvalue weighted by molar-refractivity contribution is -0.129. The average molecular weight is 405 g/mol. The van der Waals surface area contributed by atoms with Gasteiger partial charge in [0.2, 0.25) is 5.91 Å². The summed E-state index contributed by atoms with van der Waals surface area (Å²) in [5, 5.41) is 0. The molecule has 1 aliphatic heterocycles. The number of hydrogen-bond donors (Lipinski definition) is 1. The van der Waals surface area contributed by atoms with E-state index in [1.807, 2.05) is 24.8 Å². The minimum atomic E-state index is -0.287. The van der Waals surface area contributed by atoms with Crippen molar-refractivity contribution < 1.29 is 9.18 Å². The fourth-order valence-electron chi connectivity index (χ4n) is 3.90. The first-order chi connectivity index (χ1) is 14.4. The molecule has 0 radical (unpaired) electrons. The van der Waals surface area contributed by atoms with Gasteiger partial charge in [0.15, 0.2) is 0 Å². The number of hydrogen-bond acceptors (Lipinski definition) is 5. The van der Waals surface area contributed by atoms with Gasteiger partial charge in [-0.1, -0.05) is 0 Å². The van der Waals surface area contributed by atoms with E-state index in [-0.39, 0.29) is 24.1 Å². The highest BCUT2D eigenvalue weighted by atomic mass is 19.1. The van der Waals surface area contributed by atoms with Gasteiger partial charge in [0.25, 0.3) is 0 Å². The van der Waals surface area contributed by atoms with Crippen LogP contribution in [0.3, 0.4) is 0 Å². The number of amides is 1. The van der Waals surface area contributed by atoms with Crippen molar-refractivity contribution >= 4 is 11.6 Å². The van der Waals surface area contributed by atoms with Crippen LogP contribution in [-0.2, 0) is 11.2 Å². The van der Waals surface area contributed by atoms with Gasteiger partial charge in [0.05, 0.1) is 23.5 Å². The van der Waals surface area contributed by atoms with Crippen LogP contribution in [0.2, 0.25) is 0 Å². The van der Waals surface area contributed by atoms with Crippen molar-refractivity contribution in [3.05, 3.63) is 71.2 Å². The van der Waals surface area contributed by atoms with E-state index in [4.69, 9.17) is 5.73 Å². The van der Waals surface area contributed by atoms with E-state index in [2.05, 4.69) is 15.0 Å². The predicted octanol–water partition coefficient (Wildman–Crippen LogP) is 3.44. The van der Waals surface area contributed by atoms with E-state index in [0.29, 0.717) is 30.2 Å². The Balaban J connectivity index is 1.49. The van der Waals surface area contributed by atoms with Crippen LogP contribution in [0.15, 0.2) is 42.6 Å². The van der Waals surface area contributed by atoms with Crippen molar-refractivity contribution in [2.45, 2.75) is 32.6 Å². The third kappa shape index (κ3) is 4.15. The van der Waals surface area contributed by atoms with E-state index in [1.54, 1.807) is 24.4 Å². The first kappa shape index (κ1) is 19.9. The van der Waals surface area contributed by atoms with Gasteiger partial charge in [-0.05, 0) is 62.2 Å². The van der Waals surface area contributed by atoms with Crippen LogP contribution in [0.5, 0.6) is 0 Å². The van der Waals surface area contributed by atoms with Crippen molar-refractivity contribution in [2.24, 2.45) is 0 Å². The second-order valence-corrected chi connectivity index (χ2v) is 7.72. The number of pyridine rings is 1. The molecule has 1 saturated heterocycles. The molecule has 0 aliphatic carbocycles. The van der Waals surface area contributed by atoms with E-state index in [1.165, 1.54) is 12.1 Å². The zero-order valence-corrected chi connectivity index (χ0v) is 17.1. The number of carbonyl (C=O) groups is 1. The smallest absolute Gasteiger partial charge is 0.228 e. The number of halogens is 1. The topological polar surface area (TPSA) is 85.0 Å². The van der Waals surface area contributed by atoms with Gasteiger partial charge in [-0.25, -0.2) is 14.4 Å². The zero-order chi connectivity index (χ0) is 21.3. The minimum Gasteiger partial charge on any atom is -0.397 e. The molecule has 2 N–H and O–H groups in total. The van der Waals surface area contributed by atoms with Crippen molar-refractivity contribution in [3.8, 4) is 11.3 Å². The molecule has 7 heteroatoms. The van der Waals surface area contributed by atoms with Crippen molar-refractivity contribution in [1.82, 2.24) is 19.9 Å². The van der Waals surface area contributed by atoms with Gasteiger partial charge >= 0.3 is 0 Å². The van der Waals surface area contributed by atoms with Gasteiger partial charge in [-0.2, -0.15) is 0 Å². The summed E-state index contributed by atoms with van der Waals surface area (Å²) >= 11 is 0. The number of nitrogen functional groups attached to an aromatic ring is 1. The second kappa shape index (κ2) is 8.18. The molecule has 3 aromatic rings. The molecular formula is C23H24FN5O. The Morgan fingerprint density at radius 2 is 2.03 bits per heavy atom. The Morgan fingerprint density at radius 1 is 1.20 bits per heavy atom. The molecule has 6 nitrogen and oxygen atoms in total. The van der Waals surface area contributed by atoms with Crippen LogP contribution in [0.25, 0.3) is 11.3 Å². The molecule has 1 unspecified atom stereocenters. The average Bonchev–Trinajstić information content (AvgIpc) is 3.20. The van der Waals surface area contributed by atoms with Crippen LogP contribution < -0.4 is 5.73 Å². The van der Waals surface area contributed by atoms with Gasteiger partial charge in [0, 0.05) is 36.5 Å². The molecule has 3 heterocycles. The summed E-state index contributed by atoms with van der Waals surface area (Å²) in [6, 6.07) is 10.0. The van der Waals surface area contributed by atoms with E-state index < -0.39 is 0 Å². The maximum Gasteiger partial charge on any atom is 0.228 e. The Morgan fingerprint density at radius 3 is 2.80 bits per heavy atom. The maximum absolute atomic E-state index is 13.4. The van der Waals surface area contributed by atoms with Crippen LogP contribution in [0.1, 0.15) is 35.1 Å². The molecule has 154 valence electrons. The fraction of sp³-hybridized carbons (Fsp3) is 0.304. The van der Waals surface area contributed by atoms with E-state index >= 15 is 0 Å². The lowest BCUT2D eigenvalue weighted by Crippen LogP contribution is -2.30. The summed E-state index contributed by atoms with van der Waals surface area (Å²) in [4.78, 5) is 28.0. The number of anilines is 1. The SMILES string of the molecule is Cc1nccc(C2CCN(C(=O)Cc3nc(-c4ccc(F)cc4C)ccc3N)C2)n1. The molecule has 4 rings (SSSR count). The van der Waals surface area contributed by atoms with Crippen molar-refractivity contribution in [2.75, 3.05) is 18.8 Å². The summed E-state index contributed by atoms with van der Waals surface area (Å²) in [6.07, 6.45) is 2.77. The lowest BCUT2D eigenvalue weighted by atomic mass is 10.0. The molecule has 1 aromatic carbocycles. The zero-order valence-electron chi connectivity index (χ0n) is 17.1. The number of rotatable bonds is 4. The summed E-state index contributed by atoms with van der Waals surface area (Å²) in [7, 11) is 0. The van der Waals surface area contributed by atoms with Crippen molar-refractivity contribution in [3.63, 3.8) is 0 Å². The third-order valence-corrected chi connectivity index (χ3v) is 5.55. The normalized spacial score (nSPS) is 16.1. The predicted molar refractivity (Wildman–Crippen MR) is 113 cm³/mol. The summed E-state index contributed by atoms with van der Waals surface area (Å²) in [5.41, 5.74) is 10.4. The number of nitrogens with two attached hydrogens (primary N) is 1. The quantitative estimate of drug-likeness (QED) is 0.719. The molecule has 1 atom stereocenters. The Hall–Kier alpha value is -3.35. The molecular weight excluding hydrogens is 381 g/mol. The fourth-order valence-corrected chi connectivity index (χ4v) is 3.90. The van der Waals surface area contributed by atoms with Crippen molar-refractivity contribution in [1.29, 1.82) is 0 Å². The van der Waals surface area contributed by atoms with Gasteiger partial charge in [-0.3, -0.25) is 9.78 Å². The van der Waals surface area contributed by atoms with Gasteiger partial charge in [-0.15, -0.1) is 0 Å². The molecule has 1 amide bonds. The van der Waals surface area contributed by atoms with Crippen LogP contribution >= 0.6 is 0 Å². The number of aromatic nitrogens is 3. The summed E-state index contributed by atoms with van der Waals surface area (Å²) in [6.45, 7) is 5.02. The number of benzene rings is 1. The molecule has 1 fully saturated rings. The number of nitrogens with zero attached hydrogens (tertiary/aromatic N) is 4. The number of likely N-dealkylation sites (tertiary alicyclic amines) is 1. The number of aryl methyl sites for hydroxylation is 2. The van der Waals surface area contributed by atoms with E-state index in [9.17, 15) is 9.18 Å². The lowest BCUT2D eigenvalue weighted by Gasteiger charge is -2.17. The first-order valence-corrected chi connectivity index (χ1v) is 10.00. The molecule has 0 spiro atoms. The van der Waals surface area contributed by atoms with Crippen LogP contribution in [0, 0.1) is 19.7 Å². The summed E-state index contributed by atoms with van der Waals surface area (Å²) < 4.78 is 13.4. The number of carbonyl (C=O) groups excluding carboxylic acids is 1. The molecule has 0 saturated carbocycles. The Bertz CT molecular complexity index is 1100. The highest BCUT2D eigenvalue weighted by molar-refractivity contribution is 5.80. The standard InChI is InChI=1S/C23H24FN5O/c1-14-11-17(24)3-4-18(14)21-6-5-19(25)22(28-21)12-23(30)29-10-8-16(13-29)20-7-9-26-15(2)27-20/h3-7,9,11,16H,8,10,12-13,25H2,1-2H3. The monoisotopic (exact) mass is 405 g/mol. The third-order valence-electron chi connectivity index (χ3n) is 5.55. The largest absolute Gasteiger partial charge is 0.397 e.